The number of aromatic amines is 1. The first-order valence-corrected chi connectivity index (χ1v) is 7.68. The molecule has 0 radical (unpaired) electrons. The number of hydrogen-bond donors (Lipinski definition) is 1. The monoisotopic (exact) mass is 300 g/mol. The third kappa shape index (κ3) is 2.97. The number of rotatable bonds is 4. The maximum atomic E-state index is 4.58. The minimum atomic E-state index is 0.689. The Morgan fingerprint density at radius 1 is 0.870 bits per heavy atom. The molecule has 0 aliphatic rings. The van der Waals surface area contributed by atoms with Gasteiger partial charge in [-0.3, -0.25) is 4.99 Å². The van der Waals surface area contributed by atoms with Gasteiger partial charge in [-0.1, -0.05) is 36.4 Å². The fourth-order valence-corrected chi connectivity index (χ4v) is 2.61. The Hall–Kier alpha value is -3.01. The van der Waals surface area contributed by atoms with Gasteiger partial charge in [-0.15, -0.1) is 0 Å². The van der Waals surface area contributed by atoms with Crippen LogP contribution in [0.3, 0.4) is 0 Å². The molecule has 4 heteroatoms. The van der Waals surface area contributed by atoms with E-state index in [4.69, 9.17) is 0 Å². The van der Waals surface area contributed by atoms with Gasteiger partial charge >= 0.3 is 0 Å². The zero-order chi connectivity index (χ0) is 15.5. The van der Waals surface area contributed by atoms with E-state index in [0.717, 1.165) is 39.9 Å². The Labute approximate surface area is 133 Å². The van der Waals surface area contributed by atoms with Crippen molar-refractivity contribution in [1.82, 2.24) is 15.0 Å². The van der Waals surface area contributed by atoms with Crippen molar-refractivity contribution in [2.24, 2.45) is 4.99 Å². The van der Waals surface area contributed by atoms with Gasteiger partial charge in [0, 0.05) is 24.6 Å². The number of imidazole rings is 1. The van der Waals surface area contributed by atoms with Crippen LogP contribution >= 0.6 is 0 Å². The molecule has 0 atom stereocenters. The lowest BCUT2D eigenvalue weighted by molar-refractivity contribution is 0.903. The number of nitrogens with one attached hydrogen (secondary N) is 1. The number of benzene rings is 2. The number of fused-ring (bicyclic) bond motifs is 2. The van der Waals surface area contributed by atoms with Crippen molar-refractivity contribution >= 4 is 28.2 Å². The van der Waals surface area contributed by atoms with Gasteiger partial charge in [-0.05, 0) is 24.3 Å². The first kappa shape index (κ1) is 13.6. The number of pyridine rings is 1. The van der Waals surface area contributed by atoms with Crippen LogP contribution in [-0.4, -0.2) is 27.7 Å². The van der Waals surface area contributed by atoms with Crippen LogP contribution in [0.25, 0.3) is 21.9 Å². The van der Waals surface area contributed by atoms with Crippen molar-refractivity contribution in [1.29, 1.82) is 0 Å². The molecule has 0 amide bonds. The Morgan fingerprint density at radius 3 is 2.61 bits per heavy atom. The van der Waals surface area contributed by atoms with Crippen LogP contribution in [0.5, 0.6) is 0 Å². The summed E-state index contributed by atoms with van der Waals surface area (Å²) >= 11 is 0. The summed E-state index contributed by atoms with van der Waals surface area (Å²) in [6, 6.07) is 20.2. The van der Waals surface area contributed by atoms with E-state index in [1.807, 2.05) is 54.7 Å². The average Bonchev–Trinajstić information content (AvgIpc) is 3.01. The predicted octanol–water partition coefficient (Wildman–Crippen LogP) is 3.77. The molecule has 0 spiro atoms. The predicted molar refractivity (Wildman–Crippen MR) is 94.0 cm³/mol. The second-order valence-corrected chi connectivity index (χ2v) is 5.41. The quantitative estimate of drug-likeness (QED) is 0.583. The normalized spacial score (nSPS) is 11.7. The van der Waals surface area contributed by atoms with E-state index >= 15 is 0 Å². The summed E-state index contributed by atoms with van der Waals surface area (Å²) in [6.07, 6.45) is 2.62. The standard InChI is InChI=1S/C19H16N4/c1-2-6-16-14(5-1)9-10-15(21-16)13-20-12-11-19-22-17-7-3-4-8-18(17)23-19/h1-10,13H,11-12H2,(H,22,23). The van der Waals surface area contributed by atoms with Gasteiger partial charge in [-0.25, -0.2) is 9.97 Å². The highest BCUT2D eigenvalue weighted by Crippen LogP contribution is 2.12. The highest BCUT2D eigenvalue weighted by Gasteiger charge is 2.00. The van der Waals surface area contributed by atoms with Crippen LogP contribution in [0.4, 0.5) is 0 Å². The van der Waals surface area contributed by atoms with E-state index in [2.05, 4.69) is 32.1 Å². The SMILES string of the molecule is C(=NCCc1nc2ccccc2[nH]1)c1ccc2ccccc2n1. The van der Waals surface area contributed by atoms with E-state index in [1.54, 1.807) is 0 Å². The van der Waals surface area contributed by atoms with Gasteiger partial charge in [0.1, 0.15) is 5.82 Å². The lowest BCUT2D eigenvalue weighted by Gasteiger charge is -1.98. The molecule has 2 aromatic heterocycles. The second kappa shape index (κ2) is 6.01. The number of nitrogens with zero attached hydrogens (tertiary/aromatic N) is 3. The lowest BCUT2D eigenvalue weighted by Crippen LogP contribution is -1.94. The molecule has 2 heterocycles. The molecule has 4 aromatic rings. The van der Waals surface area contributed by atoms with Crippen molar-refractivity contribution in [2.45, 2.75) is 6.42 Å². The first-order valence-electron chi connectivity index (χ1n) is 7.68. The number of H-pyrrole nitrogens is 1. The summed E-state index contributed by atoms with van der Waals surface area (Å²) in [5, 5.41) is 1.15. The van der Waals surface area contributed by atoms with E-state index in [1.165, 1.54) is 0 Å². The molecular formula is C19H16N4. The first-order chi connectivity index (χ1) is 11.4. The Kier molecular flexibility index (Phi) is 3.56. The van der Waals surface area contributed by atoms with E-state index in [9.17, 15) is 0 Å². The van der Waals surface area contributed by atoms with Gasteiger partial charge in [-0.2, -0.15) is 0 Å². The molecule has 0 fully saturated rings. The molecule has 23 heavy (non-hydrogen) atoms. The molecule has 0 saturated carbocycles. The zero-order valence-electron chi connectivity index (χ0n) is 12.6. The van der Waals surface area contributed by atoms with Gasteiger partial charge in [0.25, 0.3) is 0 Å². The van der Waals surface area contributed by atoms with Gasteiger partial charge in [0.05, 0.1) is 22.2 Å². The van der Waals surface area contributed by atoms with Gasteiger partial charge in [0.2, 0.25) is 0 Å². The van der Waals surface area contributed by atoms with Crippen molar-refractivity contribution in [2.75, 3.05) is 6.54 Å². The zero-order valence-corrected chi connectivity index (χ0v) is 12.6. The van der Waals surface area contributed by atoms with Crippen molar-refractivity contribution in [3.05, 3.63) is 72.2 Å². The smallest absolute Gasteiger partial charge is 0.109 e. The molecule has 4 nitrogen and oxygen atoms in total. The van der Waals surface area contributed by atoms with Crippen LogP contribution in [0.1, 0.15) is 11.5 Å². The minimum Gasteiger partial charge on any atom is -0.342 e. The summed E-state index contributed by atoms with van der Waals surface area (Å²) in [5.74, 6) is 0.967. The molecule has 2 aromatic carbocycles. The third-order valence-electron chi connectivity index (χ3n) is 3.76. The van der Waals surface area contributed by atoms with E-state index in [-0.39, 0.29) is 0 Å². The maximum absolute atomic E-state index is 4.58. The second-order valence-electron chi connectivity index (χ2n) is 5.41. The molecule has 4 rings (SSSR count). The largest absolute Gasteiger partial charge is 0.342 e. The average molecular weight is 300 g/mol. The number of hydrogen-bond acceptors (Lipinski definition) is 3. The third-order valence-corrected chi connectivity index (χ3v) is 3.76. The topological polar surface area (TPSA) is 53.9 Å². The fourth-order valence-electron chi connectivity index (χ4n) is 2.61. The summed E-state index contributed by atoms with van der Waals surface area (Å²) in [7, 11) is 0. The van der Waals surface area contributed by atoms with Gasteiger partial charge < -0.3 is 4.98 Å². The van der Waals surface area contributed by atoms with E-state index in [0.29, 0.717) is 6.54 Å². The molecule has 0 aliphatic heterocycles. The molecule has 1 N–H and O–H groups in total. The number of aromatic nitrogens is 3. The van der Waals surface area contributed by atoms with Crippen LogP contribution in [0.15, 0.2) is 65.7 Å². The molecule has 0 bridgehead atoms. The molecule has 0 unspecified atom stereocenters. The molecular weight excluding hydrogens is 284 g/mol. The summed E-state index contributed by atoms with van der Waals surface area (Å²) < 4.78 is 0. The fraction of sp³-hybridized carbons (Fsp3) is 0.105. The summed E-state index contributed by atoms with van der Waals surface area (Å²) in [4.78, 5) is 16.9. The highest BCUT2D eigenvalue weighted by atomic mass is 14.9. The van der Waals surface area contributed by atoms with E-state index < -0.39 is 0 Å². The Bertz CT molecular complexity index is 952. The highest BCUT2D eigenvalue weighted by molar-refractivity contribution is 5.85. The Balaban J connectivity index is 1.44. The number of aliphatic imine (C=N–C) groups is 1. The van der Waals surface area contributed by atoms with Crippen molar-refractivity contribution in [3.63, 3.8) is 0 Å². The Morgan fingerprint density at radius 2 is 1.70 bits per heavy atom. The summed E-state index contributed by atoms with van der Waals surface area (Å²) in [5.41, 5.74) is 3.95. The van der Waals surface area contributed by atoms with Crippen LogP contribution < -0.4 is 0 Å². The van der Waals surface area contributed by atoms with Crippen molar-refractivity contribution in [3.8, 4) is 0 Å². The molecule has 112 valence electrons. The summed E-state index contributed by atoms with van der Waals surface area (Å²) in [6.45, 7) is 0.689. The lowest BCUT2D eigenvalue weighted by atomic mass is 10.2. The minimum absolute atomic E-state index is 0.689. The van der Waals surface area contributed by atoms with Crippen LogP contribution in [0.2, 0.25) is 0 Å². The number of para-hydroxylation sites is 3. The van der Waals surface area contributed by atoms with Crippen LogP contribution in [-0.2, 0) is 6.42 Å². The maximum Gasteiger partial charge on any atom is 0.109 e. The van der Waals surface area contributed by atoms with Crippen LogP contribution in [0, 0.1) is 0 Å². The van der Waals surface area contributed by atoms with Gasteiger partial charge in [0.15, 0.2) is 0 Å². The molecule has 0 aliphatic carbocycles. The van der Waals surface area contributed by atoms with Crippen molar-refractivity contribution < 1.29 is 0 Å². The molecule has 0 saturated heterocycles.